The maximum atomic E-state index is 5.80. The SMILES string of the molecule is Nc1cc(CNCc2cscn2)ccc1Br. The number of benzene rings is 1. The highest BCUT2D eigenvalue weighted by atomic mass is 79.9. The Bertz CT molecular complexity index is 456. The Labute approximate surface area is 107 Å². The van der Waals surface area contributed by atoms with E-state index in [2.05, 4.69) is 32.3 Å². The van der Waals surface area contributed by atoms with Crippen LogP contribution in [0.15, 0.2) is 33.6 Å². The molecule has 3 N–H and O–H groups in total. The first kappa shape index (κ1) is 11.6. The number of aromatic nitrogens is 1. The molecule has 16 heavy (non-hydrogen) atoms. The number of halogens is 1. The number of rotatable bonds is 4. The summed E-state index contributed by atoms with van der Waals surface area (Å²) in [6, 6.07) is 5.99. The molecule has 0 aliphatic rings. The van der Waals surface area contributed by atoms with Crippen molar-refractivity contribution in [3.05, 3.63) is 44.8 Å². The average Bonchev–Trinajstić information content (AvgIpc) is 2.76. The monoisotopic (exact) mass is 297 g/mol. The summed E-state index contributed by atoms with van der Waals surface area (Å²) in [5.41, 5.74) is 10.7. The minimum Gasteiger partial charge on any atom is -0.398 e. The number of nitrogens with zero attached hydrogens (tertiary/aromatic N) is 1. The summed E-state index contributed by atoms with van der Waals surface area (Å²) in [5.74, 6) is 0. The molecule has 0 aliphatic heterocycles. The van der Waals surface area contributed by atoms with Crippen LogP contribution in [0.5, 0.6) is 0 Å². The predicted molar refractivity (Wildman–Crippen MR) is 71.2 cm³/mol. The summed E-state index contributed by atoms with van der Waals surface area (Å²) in [4.78, 5) is 4.20. The van der Waals surface area contributed by atoms with Gasteiger partial charge >= 0.3 is 0 Å². The molecule has 1 aromatic carbocycles. The van der Waals surface area contributed by atoms with E-state index in [-0.39, 0.29) is 0 Å². The molecule has 5 heteroatoms. The molecule has 84 valence electrons. The molecular formula is C11H12BrN3S. The quantitative estimate of drug-likeness (QED) is 0.853. The van der Waals surface area contributed by atoms with Crippen LogP contribution in [0.25, 0.3) is 0 Å². The zero-order valence-electron chi connectivity index (χ0n) is 8.61. The first-order valence-electron chi connectivity index (χ1n) is 4.87. The van der Waals surface area contributed by atoms with Gasteiger partial charge in [-0.1, -0.05) is 6.07 Å². The van der Waals surface area contributed by atoms with Crippen molar-refractivity contribution in [2.45, 2.75) is 13.1 Å². The summed E-state index contributed by atoms with van der Waals surface area (Å²) in [7, 11) is 0. The van der Waals surface area contributed by atoms with Crippen molar-refractivity contribution < 1.29 is 0 Å². The topological polar surface area (TPSA) is 50.9 Å². The van der Waals surface area contributed by atoms with Crippen LogP contribution in [0.3, 0.4) is 0 Å². The predicted octanol–water partition coefficient (Wildman–Crippen LogP) is 2.78. The van der Waals surface area contributed by atoms with Gasteiger partial charge < -0.3 is 11.1 Å². The molecular weight excluding hydrogens is 286 g/mol. The van der Waals surface area contributed by atoms with Gasteiger partial charge in [0, 0.05) is 28.6 Å². The van der Waals surface area contributed by atoms with E-state index >= 15 is 0 Å². The second kappa shape index (κ2) is 5.43. The molecule has 0 aliphatic carbocycles. The van der Waals surface area contributed by atoms with E-state index in [1.54, 1.807) is 11.3 Å². The van der Waals surface area contributed by atoms with Crippen LogP contribution < -0.4 is 11.1 Å². The van der Waals surface area contributed by atoms with Gasteiger partial charge in [0.1, 0.15) is 0 Å². The van der Waals surface area contributed by atoms with Gasteiger partial charge in [-0.05, 0) is 33.6 Å². The smallest absolute Gasteiger partial charge is 0.0795 e. The lowest BCUT2D eigenvalue weighted by Crippen LogP contribution is -2.12. The van der Waals surface area contributed by atoms with Crippen molar-refractivity contribution in [2.75, 3.05) is 5.73 Å². The van der Waals surface area contributed by atoms with Gasteiger partial charge in [0.2, 0.25) is 0 Å². The fourth-order valence-electron chi connectivity index (χ4n) is 1.36. The molecule has 1 heterocycles. The fourth-order valence-corrected chi connectivity index (χ4v) is 2.17. The minimum absolute atomic E-state index is 0.771. The highest BCUT2D eigenvalue weighted by molar-refractivity contribution is 9.10. The molecule has 2 aromatic rings. The molecule has 2 rings (SSSR count). The van der Waals surface area contributed by atoms with Gasteiger partial charge in [0.05, 0.1) is 11.2 Å². The lowest BCUT2D eigenvalue weighted by atomic mass is 10.2. The summed E-state index contributed by atoms with van der Waals surface area (Å²) in [6.07, 6.45) is 0. The number of hydrogen-bond donors (Lipinski definition) is 2. The third-order valence-corrected chi connectivity index (χ3v) is 3.54. The molecule has 1 aromatic heterocycles. The molecule has 0 bridgehead atoms. The molecule has 0 spiro atoms. The summed E-state index contributed by atoms with van der Waals surface area (Å²) in [5, 5.41) is 5.37. The Morgan fingerprint density at radius 3 is 2.94 bits per heavy atom. The molecule has 0 saturated heterocycles. The van der Waals surface area contributed by atoms with Crippen molar-refractivity contribution in [1.82, 2.24) is 10.3 Å². The Kier molecular flexibility index (Phi) is 3.93. The van der Waals surface area contributed by atoms with Gasteiger partial charge in [-0.15, -0.1) is 11.3 Å². The van der Waals surface area contributed by atoms with E-state index in [4.69, 9.17) is 5.73 Å². The Hall–Kier alpha value is -0.910. The number of hydrogen-bond acceptors (Lipinski definition) is 4. The summed E-state index contributed by atoms with van der Waals surface area (Å²) < 4.78 is 0.941. The van der Waals surface area contributed by atoms with E-state index in [1.165, 1.54) is 5.56 Å². The highest BCUT2D eigenvalue weighted by Gasteiger charge is 1.98. The highest BCUT2D eigenvalue weighted by Crippen LogP contribution is 2.20. The lowest BCUT2D eigenvalue weighted by molar-refractivity contribution is 0.683. The van der Waals surface area contributed by atoms with Gasteiger partial charge in [-0.3, -0.25) is 0 Å². The van der Waals surface area contributed by atoms with Crippen LogP contribution >= 0.6 is 27.3 Å². The first-order chi connectivity index (χ1) is 7.75. The van der Waals surface area contributed by atoms with Gasteiger partial charge in [0.25, 0.3) is 0 Å². The van der Waals surface area contributed by atoms with E-state index < -0.39 is 0 Å². The molecule has 3 nitrogen and oxygen atoms in total. The zero-order chi connectivity index (χ0) is 11.4. The third-order valence-electron chi connectivity index (χ3n) is 2.18. The third kappa shape index (κ3) is 3.04. The van der Waals surface area contributed by atoms with Crippen molar-refractivity contribution in [2.24, 2.45) is 0 Å². The van der Waals surface area contributed by atoms with Gasteiger partial charge in [-0.2, -0.15) is 0 Å². The summed E-state index contributed by atoms with van der Waals surface area (Å²) >= 11 is 4.99. The van der Waals surface area contributed by atoms with Crippen molar-refractivity contribution >= 4 is 33.0 Å². The maximum absolute atomic E-state index is 5.80. The van der Waals surface area contributed by atoms with E-state index in [9.17, 15) is 0 Å². The molecule has 0 saturated carbocycles. The fraction of sp³-hybridized carbons (Fsp3) is 0.182. The second-order valence-electron chi connectivity index (χ2n) is 3.44. The molecule has 0 amide bonds. The Morgan fingerprint density at radius 1 is 1.38 bits per heavy atom. The Balaban J connectivity index is 1.87. The van der Waals surface area contributed by atoms with Crippen LogP contribution in [0.4, 0.5) is 5.69 Å². The van der Waals surface area contributed by atoms with Crippen LogP contribution in [-0.2, 0) is 13.1 Å². The van der Waals surface area contributed by atoms with Crippen molar-refractivity contribution in [3.8, 4) is 0 Å². The van der Waals surface area contributed by atoms with Crippen molar-refractivity contribution in [3.63, 3.8) is 0 Å². The number of nitrogen functional groups attached to an aromatic ring is 1. The number of nitrogens with one attached hydrogen (secondary N) is 1. The van der Waals surface area contributed by atoms with Crippen LogP contribution in [0, 0.1) is 0 Å². The zero-order valence-corrected chi connectivity index (χ0v) is 11.0. The number of anilines is 1. The number of thiazole rings is 1. The minimum atomic E-state index is 0.771. The van der Waals surface area contributed by atoms with E-state index in [0.29, 0.717) is 0 Å². The average molecular weight is 298 g/mol. The Morgan fingerprint density at radius 2 is 2.25 bits per heavy atom. The molecule has 0 unspecified atom stereocenters. The van der Waals surface area contributed by atoms with Gasteiger partial charge in [-0.25, -0.2) is 4.98 Å². The lowest BCUT2D eigenvalue weighted by Gasteiger charge is -2.05. The standard InChI is InChI=1S/C11H12BrN3S/c12-10-2-1-8(3-11(10)13)4-14-5-9-6-16-7-15-9/h1-3,6-7,14H,4-5,13H2. The van der Waals surface area contributed by atoms with Gasteiger partial charge in [0.15, 0.2) is 0 Å². The summed E-state index contributed by atoms with van der Waals surface area (Å²) in [6.45, 7) is 1.59. The van der Waals surface area contributed by atoms with E-state index in [0.717, 1.165) is 28.9 Å². The normalized spacial score (nSPS) is 10.6. The molecule has 0 radical (unpaired) electrons. The van der Waals surface area contributed by atoms with Crippen LogP contribution in [-0.4, -0.2) is 4.98 Å². The van der Waals surface area contributed by atoms with Crippen LogP contribution in [0.2, 0.25) is 0 Å². The first-order valence-corrected chi connectivity index (χ1v) is 6.61. The molecule has 0 atom stereocenters. The largest absolute Gasteiger partial charge is 0.398 e. The second-order valence-corrected chi connectivity index (χ2v) is 5.01. The maximum Gasteiger partial charge on any atom is 0.0795 e. The molecule has 0 fully saturated rings. The number of nitrogens with two attached hydrogens (primary N) is 1. The van der Waals surface area contributed by atoms with E-state index in [1.807, 2.05) is 23.0 Å². The van der Waals surface area contributed by atoms with Crippen LogP contribution in [0.1, 0.15) is 11.3 Å². The van der Waals surface area contributed by atoms with Crippen molar-refractivity contribution in [1.29, 1.82) is 0 Å².